The fraction of sp³-hybridized carbons (Fsp3) is 0.188. The zero-order chi connectivity index (χ0) is 13.9. The second-order valence-corrected chi connectivity index (χ2v) is 4.81. The Bertz CT molecular complexity index is 730. The molecule has 0 spiro atoms. The molecule has 0 unspecified atom stereocenters. The number of nitrogens with zero attached hydrogens (tertiary/aromatic N) is 2. The van der Waals surface area contributed by atoms with Crippen molar-refractivity contribution in [2.24, 2.45) is 12.8 Å². The van der Waals surface area contributed by atoms with E-state index in [1.165, 1.54) is 11.1 Å². The van der Waals surface area contributed by atoms with Crippen LogP contribution in [-0.2, 0) is 20.1 Å². The van der Waals surface area contributed by atoms with Gasteiger partial charge in [-0.1, -0.05) is 36.4 Å². The molecular formula is C16H18N4. The maximum Gasteiger partial charge on any atom is 0.203 e. The predicted octanol–water partition coefficient (Wildman–Crippen LogP) is 2.64. The maximum absolute atomic E-state index is 5.76. The molecule has 3 rings (SSSR count). The van der Waals surface area contributed by atoms with Gasteiger partial charge >= 0.3 is 0 Å². The van der Waals surface area contributed by atoms with Crippen molar-refractivity contribution in [2.45, 2.75) is 13.1 Å². The van der Waals surface area contributed by atoms with Gasteiger partial charge in [0.2, 0.25) is 5.95 Å². The number of nitrogens with two attached hydrogens (primary N) is 1. The van der Waals surface area contributed by atoms with Crippen LogP contribution in [0.5, 0.6) is 0 Å². The number of aromatic nitrogens is 2. The normalized spacial score (nSPS) is 10.9. The van der Waals surface area contributed by atoms with Gasteiger partial charge in [-0.15, -0.1) is 0 Å². The van der Waals surface area contributed by atoms with Crippen LogP contribution in [0.3, 0.4) is 0 Å². The summed E-state index contributed by atoms with van der Waals surface area (Å²) >= 11 is 0. The summed E-state index contributed by atoms with van der Waals surface area (Å²) in [7, 11) is 2.02. The SMILES string of the molecule is Cn1c(NCc2ccccc2CN)nc2ccccc21. The average Bonchev–Trinajstić information content (AvgIpc) is 2.82. The van der Waals surface area contributed by atoms with E-state index in [1.807, 2.05) is 37.4 Å². The lowest BCUT2D eigenvalue weighted by Gasteiger charge is -2.09. The molecule has 0 aliphatic rings. The van der Waals surface area contributed by atoms with Gasteiger partial charge in [0.1, 0.15) is 0 Å². The highest BCUT2D eigenvalue weighted by molar-refractivity contribution is 5.78. The van der Waals surface area contributed by atoms with Crippen LogP contribution in [0.4, 0.5) is 5.95 Å². The molecule has 4 nitrogen and oxygen atoms in total. The third kappa shape index (κ3) is 2.26. The Kier molecular flexibility index (Phi) is 3.39. The molecule has 1 heterocycles. The molecule has 0 radical (unpaired) electrons. The zero-order valence-corrected chi connectivity index (χ0v) is 11.5. The summed E-state index contributed by atoms with van der Waals surface area (Å²) in [6.45, 7) is 1.28. The van der Waals surface area contributed by atoms with Crippen molar-refractivity contribution in [1.29, 1.82) is 0 Å². The van der Waals surface area contributed by atoms with E-state index in [0.29, 0.717) is 6.54 Å². The second-order valence-electron chi connectivity index (χ2n) is 4.81. The van der Waals surface area contributed by atoms with Crippen molar-refractivity contribution in [2.75, 3.05) is 5.32 Å². The van der Waals surface area contributed by atoms with Crippen LogP contribution < -0.4 is 11.1 Å². The summed E-state index contributed by atoms with van der Waals surface area (Å²) in [6.07, 6.45) is 0. The molecular weight excluding hydrogens is 248 g/mol. The molecule has 0 aliphatic heterocycles. The van der Waals surface area contributed by atoms with Crippen LogP contribution in [0.2, 0.25) is 0 Å². The van der Waals surface area contributed by atoms with E-state index in [9.17, 15) is 0 Å². The topological polar surface area (TPSA) is 55.9 Å². The van der Waals surface area contributed by atoms with E-state index >= 15 is 0 Å². The largest absolute Gasteiger partial charge is 0.352 e. The molecule has 0 amide bonds. The number of nitrogens with one attached hydrogen (secondary N) is 1. The molecule has 0 aliphatic carbocycles. The Balaban J connectivity index is 1.85. The molecule has 20 heavy (non-hydrogen) atoms. The minimum absolute atomic E-state index is 0.556. The first kappa shape index (κ1) is 12.7. The standard InChI is InChI=1S/C16H18N4/c1-20-15-9-5-4-8-14(15)19-16(20)18-11-13-7-3-2-6-12(13)10-17/h2-9H,10-11,17H2,1H3,(H,18,19). The van der Waals surface area contributed by atoms with E-state index in [0.717, 1.165) is 23.5 Å². The molecule has 102 valence electrons. The number of aryl methyl sites for hydroxylation is 1. The Morgan fingerprint density at radius 1 is 1.05 bits per heavy atom. The lowest BCUT2D eigenvalue weighted by molar-refractivity contribution is 0.919. The van der Waals surface area contributed by atoms with Crippen molar-refractivity contribution in [3.8, 4) is 0 Å². The first-order valence-electron chi connectivity index (χ1n) is 6.72. The Morgan fingerprint density at radius 2 is 1.75 bits per heavy atom. The van der Waals surface area contributed by atoms with E-state index in [-0.39, 0.29) is 0 Å². The molecule has 0 atom stereocenters. The summed E-state index contributed by atoms with van der Waals surface area (Å²) in [4.78, 5) is 4.60. The van der Waals surface area contributed by atoms with Gasteiger partial charge in [0.05, 0.1) is 11.0 Å². The monoisotopic (exact) mass is 266 g/mol. The van der Waals surface area contributed by atoms with E-state index in [2.05, 4.69) is 33.1 Å². The first-order valence-corrected chi connectivity index (χ1v) is 6.72. The predicted molar refractivity (Wildman–Crippen MR) is 82.4 cm³/mol. The molecule has 4 heteroatoms. The van der Waals surface area contributed by atoms with Crippen LogP contribution >= 0.6 is 0 Å². The number of fused-ring (bicyclic) bond motifs is 1. The van der Waals surface area contributed by atoms with Crippen LogP contribution in [0.1, 0.15) is 11.1 Å². The average molecular weight is 266 g/mol. The van der Waals surface area contributed by atoms with Crippen LogP contribution in [0, 0.1) is 0 Å². The van der Waals surface area contributed by atoms with Crippen molar-refractivity contribution >= 4 is 17.0 Å². The van der Waals surface area contributed by atoms with Gasteiger partial charge in [-0.05, 0) is 23.3 Å². The number of hydrogen-bond donors (Lipinski definition) is 2. The van der Waals surface area contributed by atoms with Gasteiger partial charge in [0.25, 0.3) is 0 Å². The molecule has 1 aromatic heterocycles. The van der Waals surface area contributed by atoms with E-state index in [4.69, 9.17) is 5.73 Å². The first-order chi connectivity index (χ1) is 9.79. The van der Waals surface area contributed by atoms with Gasteiger partial charge in [0.15, 0.2) is 0 Å². The molecule has 0 saturated heterocycles. The van der Waals surface area contributed by atoms with Crippen LogP contribution in [-0.4, -0.2) is 9.55 Å². The Morgan fingerprint density at radius 3 is 2.50 bits per heavy atom. The van der Waals surface area contributed by atoms with Gasteiger partial charge in [-0.2, -0.15) is 0 Å². The summed E-state index contributed by atoms with van der Waals surface area (Å²) in [5.74, 6) is 0.873. The molecule has 2 aromatic carbocycles. The molecule has 3 aromatic rings. The van der Waals surface area contributed by atoms with Crippen LogP contribution in [0.15, 0.2) is 48.5 Å². The number of benzene rings is 2. The summed E-state index contributed by atoms with van der Waals surface area (Å²) in [5, 5.41) is 3.39. The summed E-state index contributed by atoms with van der Waals surface area (Å²) < 4.78 is 2.07. The molecule has 3 N–H and O–H groups in total. The van der Waals surface area contributed by atoms with Gasteiger partial charge in [0, 0.05) is 20.1 Å². The molecule has 0 fully saturated rings. The number of anilines is 1. The third-order valence-electron chi connectivity index (χ3n) is 3.56. The van der Waals surface area contributed by atoms with Crippen molar-refractivity contribution in [3.63, 3.8) is 0 Å². The Labute approximate surface area is 118 Å². The summed E-state index contributed by atoms with van der Waals surface area (Å²) in [6, 6.07) is 16.3. The highest BCUT2D eigenvalue weighted by atomic mass is 15.2. The number of imidazole rings is 1. The maximum atomic E-state index is 5.76. The van der Waals surface area contributed by atoms with E-state index in [1.54, 1.807) is 0 Å². The lowest BCUT2D eigenvalue weighted by atomic mass is 10.1. The highest BCUT2D eigenvalue weighted by Gasteiger charge is 2.07. The fourth-order valence-electron chi connectivity index (χ4n) is 2.41. The Hall–Kier alpha value is -2.33. The van der Waals surface area contributed by atoms with Crippen molar-refractivity contribution in [1.82, 2.24) is 9.55 Å². The minimum Gasteiger partial charge on any atom is -0.352 e. The van der Waals surface area contributed by atoms with Crippen molar-refractivity contribution in [3.05, 3.63) is 59.7 Å². The third-order valence-corrected chi connectivity index (χ3v) is 3.56. The highest BCUT2D eigenvalue weighted by Crippen LogP contribution is 2.18. The molecule has 0 bridgehead atoms. The quantitative estimate of drug-likeness (QED) is 0.763. The van der Waals surface area contributed by atoms with Crippen molar-refractivity contribution < 1.29 is 0 Å². The lowest BCUT2D eigenvalue weighted by Crippen LogP contribution is -2.08. The second kappa shape index (κ2) is 5.35. The van der Waals surface area contributed by atoms with Gasteiger partial charge in [-0.3, -0.25) is 0 Å². The minimum atomic E-state index is 0.556. The van der Waals surface area contributed by atoms with E-state index < -0.39 is 0 Å². The number of para-hydroxylation sites is 2. The molecule has 0 saturated carbocycles. The fourth-order valence-corrected chi connectivity index (χ4v) is 2.41. The van der Waals surface area contributed by atoms with Gasteiger partial charge < -0.3 is 15.6 Å². The zero-order valence-electron chi connectivity index (χ0n) is 11.5. The number of rotatable bonds is 4. The number of hydrogen-bond acceptors (Lipinski definition) is 3. The van der Waals surface area contributed by atoms with Crippen LogP contribution in [0.25, 0.3) is 11.0 Å². The van der Waals surface area contributed by atoms with Gasteiger partial charge in [-0.25, -0.2) is 4.98 Å². The smallest absolute Gasteiger partial charge is 0.203 e. The summed E-state index contributed by atoms with van der Waals surface area (Å²) in [5.41, 5.74) is 10.3.